The molecule has 1 unspecified atom stereocenters. The number of nitrogens with zero attached hydrogens (tertiary/aromatic N) is 3. The maximum atomic E-state index is 12.8. The molecule has 0 bridgehead atoms. The fourth-order valence-corrected chi connectivity index (χ4v) is 4.47. The Morgan fingerprint density at radius 3 is 2.74 bits per heavy atom. The molecule has 2 amide bonds. The number of hydrogen-bond donors (Lipinski definition) is 1. The third kappa shape index (κ3) is 4.14. The van der Waals surface area contributed by atoms with Crippen LogP contribution in [-0.4, -0.2) is 52.0 Å². The Morgan fingerprint density at radius 1 is 1.10 bits per heavy atom. The summed E-state index contributed by atoms with van der Waals surface area (Å²) in [5.41, 5.74) is 1.98. The monoisotopic (exact) mass is 416 g/mol. The number of nitrogens with one attached hydrogen (secondary N) is 1. The van der Waals surface area contributed by atoms with Gasteiger partial charge in [0.1, 0.15) is 11.3 Å². The highest BCUT2D eigenvalue weighted by Gasteiger charge is 2.51. The zero-order valence-corrected chi connectivity index (χ0v) is 17.2. The Morgan fingerprint density at radius 2 is 1.90 bits per heavy atom. The molecule has 3 aromatic rings. The fourth-order valence-electron chi connectivity index (χ4n) is 4.47. The number of aromatic nitrogens is 2. The molecule has 2 aromatic heterocycles. The molecule has 31 heavy (non-hydrogen) atoms. The van der Waals surface area contributed by atoms with Crippen molar-refractivity contribution in [2.45, 2.75) is 25.0 Å². The number of carbonyl (C=O) groups excluding carboxylic acids is 2. The lowest BCUT2D eigenvalue weighted by atomic mass is 9.85. The molecule has 1 atom stereocenters. The molecule has 2 aliphatic rings. The average Bonchev–Trinajstić information content (AvgIpc) is 3.21. The van der Waals surface area contributed by atoms with E-state index in [-0.39, 0.29) is 23.3 Å². The first-order valence-electron chi connectivity index (χ1n) is 10.5. The largest absolute Gasteiger partial charge is 0.371 e. The van der Waals surface area contributed by atoms with Gasteiger partial charge in [0, 0.05) is 30.7 Å². The van der Waals surface area contributed by atoms with Crippen molar-refractivity contribution in [3.63, 3.8) is 0 Å². The lowest BCUT2D eigenvalue weighted by Gasteiger charge is -2.47. The second kappa shape index (κ2) is 8.07. The third-order valence-corrected chi connectivity index (χ3v) is 6.06. The van der Waals surface area contributed by atoms with Gasteiger partial charge in [-0.1, -0.05) is 24.3 Å². The van der Waals surface area contributed by atoms with E-state index in [1.807, 2.05) is 42.5 Å². The molecule has 1 N–H and O–H groups in total. The minimum absolute atomic E-state index is 0.0232. The Hall–Kier alpha value is -3.32. The lowest BCUT2D eigenvalue weighted by molar-refractivity contribution is -0.122. The molecule has 0 radical (unpaired) electrons. The highest BCUT2D eigenvalue weighted by molar-refractivity contribution is 5.95. The predicted molar refractivity (Wildman–Crippen MR) is 115 cm³/mol. The topological polar surface area (TPSA) is 84.4 Å². The van der Waals surface area contributed by atoms with Crippen LogP contribution in [-0.2, 0) is 16.1 Å². The standard InChI is InChI=1S/C24H24N4O3/c29-22(26-13-17-7-9-25-10-8-17)11-18-12-24(31-14-18)15-28(16-24)23(30)21-6-5-19-3-1-2-4-20(19)27-21/h1-10,18H,11-16H2,(H,26,29). The van der Waals surface area contributed by atoms with Crippen molar-refractivity contribution >= 4 is 22.7 Å². The van der Waals surface area contributed by atoms with Crippen molar-refractivity contribution in [3.8, 4) is 0 Å². The van der Waals surface area contributed by atoms with Crippen LogP contribution in [0.3, 0.4) is 0 Å². The van der Waals surface area contributed by atoms with E-state index < -0.39 is 0 Å². The molecule has 158 valence electrons. The molecule has 7 nitrogen and oxygen atoms in total. The number of amides is 2. The van der Waals surface area contributed by atoms with Gasteiger partial charge in [0.05, 0.1) is 25.2 Å². The summed E-state index contributed by atoms with van der Waals surface area (Å²) in [5.74, 6) is 0.127. The zero-order valence-electron chi connectivity index (χ0n) is 17.2. The molecule has 2 aliphatic heterocycles. The van der Waals surface area contributed by atoms with Crippen LogP contribution in [0.5, 0.6) is 0 Å². The summed E-state index contributed by atoms with van der Waals surface area (Å²) in [6.45, 7) is 2.16. The van der Waals surface area contributed by atoms with Gasteiger partial charge in [-0.3, -0.25) is 14.6 Å². The highest BCUT2D eigenvalue weighted by atomic mass is 16.5. The van der Waals surface area contributed by atoms with Gasteiger partial charge < -0.3 is 15.0 Å². The first kappa shape index (κ1) is 19.6. The highest BCUT2D eigenvalue weighted by Crippen LogP contribution is 2.39. The van der Waals surface area contributed by atoms with Crippen LogP contribution in [0.25, 0.3) is 10.9 Å². The molecule has 1 aromatic carbocycles. The summed E-state index contributed by atoms with van der Waals surface area (Å²) in [6, 6.07) is 15.2. The van der Waals surface area contributed by atoms with Gasteiger partial charge >= 0.3 is 0 Å². The number of carbonyl (C=O) groups is 2. The molecule has 5 rings (SSSR count). The number of hydrogen-bond acceptors (Lipinski definition) is 5. The summed E-state index contributed by atoms with van der Waals surface area (Å²) in [6.07, 6.45) is 4.66. The number of ether oxygens (including phenoxy) is 1. The summed E-state index contributed by atoms with van der Waals surface area (Å²) in [4.78, 5) is 35.4. The lowest BCUT2D eigenvalue weighted by Crippen LogP contribution is -2.63. The van der Waals surface area contributed by atoms with Crippen LogP contribution in [0.4, 0.5) is 0 Å². The van der Waals surface area contributed by atoms with Gasteiger partial charge in [-0.15, -0.1) is 0 Å². The van der Waals surface area contributed by atoms with Crippen LogP contribution in [0.1, 0.15) is 28.9 Å². The van der Waals surface area contributed by atoms with Gasteiger partial charge in [-0.05, 0) is 42.2 Å². The van der Waals surface area contributed by atoms with Gasteiger partial charge in [0.15, 0.2) is 0 Å². The smallest absolute Gasteiger partial charge is 0.272 e. The van der Waals surface area contributed by atoms with Crippen molar-refractivity contribution in [3.05, 3.63) is 72.2 Å². The molecule has 0 saturated carbocycles. The number of benzene rings is 1. The first-order valence-corrected chi connectivity index (χ1v) is 10.5. The van der Waals surface area contributed by atoms with E-state index in [4.69, 9.17) is 4.74 Å². The van der Waals surface area contributed by atoms with Crippen LogP contribution in [0.15, 0.2) is 60.9 Å². The van der Waals surface area contributed by atoms with Crippen LogP contribution < -0.4 is 5.32 Å². The normalized spacial score (nSPS) is 19.4. The molecule has 0 aliphatic carbocycles. The molecule has 7 heteroatoms. The maximum Gasteiger partial charge on any atom is 0.272 e. The zero-order chi connectivity index (χ0) is 21.3. The molecule has 2 saturated heterocycles. The molecule has 1 spiro atoms. The minimum atomic E-state index is -0.317. The van der Waals surface area contributed by atoms with Gasteiger partial charge in [0.25, 0.3) is 5.91 Å². The summed E-state index contributed by atoms with van der Waals surface area (Å²) in [5, 5.41) is 3.97. The first-order chi connectivity index (χ1) is 15.1. The number of rotatable bonds is 5. The Kier molecular flexibility index (Phi) is 5.11. The Balaban J connectivity index is 1.12. The van der Waals surface area contributed by atoms with Gasteiger partial charge in [-0.2, -0.15) is 0 Å². The second-order valence-electron chi connectivity index (χ2n) is 8.45. The predicted octanol–water partition coefficient (Wildman–Crippen LogP) is 2.57. The van der Waals surface area contributed by atoms with Gasteiger partial charge in [0.2, 0.25) is 5.91 Å². The number of pyridine rings is 2. The van der Waals surface area contributed by atoms with E-state index in [1.54, 1.807) is 23.4 Å². The van der Waals surface area contributed by atoms with Crippen LogP contribution >= 0.6 is 0 Å². The molecule has 4 heterocycles. The number of likely N-dealkylation sites (tertiary alicyclic amines) is 1. The average molecular weight is 416 g/mol. The van der Waals surface area contributed by atoms with Gasteiger partial charge in [-0.25, -0.2) is 4.98 Å². The Bertz CT molecular complexity index is 1110. The van der Waals surface area contributed by atoms with E-state index in [2.05, 4.69) is 15.3 Å². The fraction of sp³-hybridized carbons (Fsp3) is 0.333. The van der Waals surface area contributed by atoms with Crippen molar-refractivity contribution in [2.75, 3.05) is 19.7 Å². The minimum Gasteiger partial charge on any atom is -0.371 e. The van der Waals surface area contributed by atoms with Crippen LogP contribution in [0.2, 0.25) is 0 Å². The molecular weight excluding hydrogens is 392 g/mol. The Labute approximate surface area is 180 Å². The van der Waals surface area contributed by atoms with Crippen molar-refractivity contribution in [1.82, 2.24) is 20.2 Å². The van der Waals surface area contributed by atoms with E-state index >= 15 is 0 Å². The number of fused-ring (bicyclic) bond motifs is 1. The van der Waals surface area contributed by atoms with E-state index in [0.717, 1.165) is 22.9 Å². The van der Waals surface area contributed by atoms with Crippen molar-refractivity contribution < 1.29 is 14.3 Å². The van der Waals surface area contributed by atoms with Crippen molar-refractivity contribution in [2.24, 2.45) is 5.92 Å². The van der Waals surface area contributed by atoms with E-state index in [9.17, 15) is 9.59 Å². The third-order valence-electron chi connectivity index (χ3n) is 6.06. The van der Waals surface area contributed by atoms with Crippen molar-refractivity contribution in [1.29, 1.82) is 0 Å². The molecular formula is C24H24N4O3. The maximum absolute atomic E-state index is 12.8. The summed E-state index contributed by atoms with van der Waals surface area (Å²) < 4.78 is 6.04. The second-order valence-corrected chi connectivity index (χ2v) is 8.45. The van der Waals surface area contributed by atoms with E-state index in [0.29, 0.717) is 38.4 Å². The van der Waals surface area contributed by atoms with Crippen LogP contribution in [0, 0.1) is 5.92 Å². The summed E-state index contributed by atoms with van der Waals surface area (Å²) >= 11 is 0. The SMILES string of the molecule is O=C(CC1COC2(C1)CN(C(=O)c1ccc3ccccc3n1)C2)NCc1ccncc1. The molecule has 2 fully saturated rings. The quantitative estimate of drug-likeness (QED) is 0.691. The summed E-state index contributed by atoms with van der Waals surface area (Å²) in [7, 11) is 0. The van der Waals surface area contributed by atoms with E-state index in [1.165, 1.54) is 0 Å². The number of para-hydroxylation sites is 1.